The Morgan fingerprint density at radius 2 is 2.35 bits per heavy atom. The van der Waals surface area contributed by atoms with Crippen molar-refractivity contribution in [1.29, 1.82) is 0 Å². The highest BCUT2D eigenvalue weighted by Gasteiger charge is 2.53. The Labute approximate surface area is 107 Å². The molecule has 1 saturated carbocycles. The van der Waals surface area contributed by atoms with Gasteiger partial charge >= 0.3 is 0 Å². The number of anilines is 1. The van der Waals surface area contributed by atoms with Gasteiger partial charge in [-0.1, -0.05) is 0 Å². The van der Waals surface area contributed by atoms with Crippen LogP contribution in [0.1, 0.15) is 19.8 Å². The van der Waals surface area contributed by atoms with E-state index in [1.165, 1.54) is 25.1 Å². The average Bonchev–Trinajstić information content (AvgIpc) is 2.70. The summed E-state index contributed by atoms with van der Waals surface area (Å²) >= 11 is 3.39. The van der Waals surface area contributed by atoms with Gasteiger partial charge in [-0.3, -0.25) is 10.1 Å². The van der Waals surface area contributed by atoms with Crippen molar-refractivity contribution in [2.24, 2.45) is 5.92 Å². The number of nitrogens with zero attached hydrogens (tertiary/aromatic N) is 3. The van der Waals surface area contributed by atoms with Crippen LogP contribution in [0.25, 0.3) is 0 Å². The van der Waals surface area contributed by atoms with Gasteiger partial charge in [0.05, 0.1) is 9.40 Å². The fourth-order valence-electron chi connectivity index (χ4n) is 3.07. The molecular formula is C11H12BrN3O2. The van der Waals surface area contributed by atoms with Crippen LogP contribution in [-0.4, -0.2) is 22.0 Å². The van der Waals surface area contributed by atoms with Crippen LogP contribution in [0.15, 0.2) is 16.7 Å². The summed E-state index contributed by atoms with van der Waals surface area (Å²) in [5.41, 5.74) is 0.230. The molecule has 2 aliphatic heterocycles. The maximum Gasteiger partial charge on any atom is 0.288 e. The third kappa shape index (κ3) is 1.54. The van der Waals surface area contributed by atoms with E-state index >= 15 is 0 Å². The number of aromatic nitrogens is 1. The molecule has 0 spiro atoms. The molecule has 2 saturated heterocycles. The first-order chi connectivity index (χ1) is 7.99. The van der Waals surface area contributed by atoms with Crippen molar-refractivity contribution in [3.8, 4) is 0 Å². The van der Waals surface area contributed by atoms with Crippen LogP contribution in [-0.2, 0) is 0 Å². The predicted molar refractivity (Wildman–Crippen MR) is 67.1 cm³/mol. The average molecular weight is 298 g/mol. The number of halogens is 1. The first kappa shape index (κ1) is 11.0. The summed E-state index contributed by atoms with van der Waals surface area (Å²) in [6, 6.07) is 1.53. The highest BCUT2D eigenvalue weighted by Crippen LogP contribution is 2.52. The summed E-state index contributed by atoms with van der Waals surface area (Å²) in [4.78, 5) is 16.7. The monoisotopic (exact) mass is 297 g/mol. The molecule has 0 N–H and O–H groups in total. The van der Waals surface area contributed by atoms with Crippen LogP contribution in [0.2, 0.25) is 0 Å². The van der Waals surface area contributed by atoms with Gasteiger partial charge in [0.15, 0.2) is 0 Å². The van der Waals surface area contributed by atoms with Crippen LogP contribution in [0.5, 0.6) is 0 Å². The third-order valence-corrected chi connectivity index (χ3v) is 4.41. The van der Waals surface area contributed by atoms with Crippen molar-refractivity contribution >= 4 is 27.4 Å². The van der Waals surface area contributed by atoms with Gasteiger partial charge in [0.2, 0.25) is 0 Å². The number of rotatable bonds is 2. The molecule has 3 aliphatic rings. The van der Waals surface area contributed by atoms with E-state index in [9.17, 15) is 10.1 Å². The lowest BCUT2D eigenvalue weighted by molar-refractivity contribution is -0.385. The molecule has 1 aromatic heterocycles. The minimum absolute atomic E-state index is 0.0253. The lowest BCUT2D eigenvalue weighted by Crippen LogP contribution is -2.43. The SMILES string of the molecule is CC12CC(CN1c1ncc([N+](=O)[O-])cc1Br)C2. The van der Waals surface area contributed by atoms with Crippen LogP contribution >= 0.6 is 15.9 Å². The van der Waals surface area contributed by atoms with Gasteiger partial charge in [-0.15, -0.1) is 0 Å². The van der Waals surface area contributed by atoms with E-state index in [1.807, 2.05) is 0 Å². The van der Waals surface area contributed by atoms with Crippen LogP contribution in [0, 0.1) is 16.0 Å². The first-order valence-electron chi connectivity index (χ1n) is 5.57. The number of nitro groups is 1. The Balaban J connectivity index is 1.97. The molecule has 0 radical (unpaired) electrons. The van der Waals surface area contributed by atoms with Crippen molar-refractivity contribution < 1.29 is 4.92 Å². The van der Waals surface area contributed by atoms with E-state index in [1.54, 1.807) is 0 Å². The molecule has 0 unspecified atom stereocenters. The lowest BCUT2D eigenvalue weighted by atomic mass is 9.75. The van der Waals surface area contributed by atoms with E-state index < -0.39 is 4.92 Å². The van der Waals surface area contributed by atoms with Crippen LogP contribution in [0.3, 0.4) is 0 Å². The number of hydrogen-bond donors (Lipinski definition) is 0. The zero-order chi connectivity index (χ0) is 12.2. The third-order valence-electron chi connectivity index (χ3n) is 3.82. The van der Waals surface area contributed by atoms with Crippen molar-refractivity contribution in [1.82, 2.24) is 4.98 Å². The molecule has 0 atom stereocenters. The van der Waals surface area contributed by atoms with Gasteiger partial charge in [0.1, 0.15) is 12.0 Å². The molecule has 17 heavy (non-hydrogen) atoms. The molecule has 0 amide bonds. The summed E-state index contributed by atoms with van der Waals surface area (Å²) < 4.78 is 0.709. The van der Waals surface area contributed by atoms with Crippen LogP contribution in [0.4, 0.5) is 11.5 Å². The molecular weight excluding hydrogens is 286 g/mol. The minimum Gasteiger partial charge on any atom is -0.350 e. The second-order valence-corrected chi connectivity index (χ2v) is 5.99. The van der Waals surface area contributed by atoms with Gasteiger partial charge in [0.25, 0.3) is 5.69 Å². The van der Waals surface area contributed by atoms with E-state index in [0.29, 0.717) is 4.47 Å². The summed E-state index contributed by atoms with van der Waals surface area (Å²) in [6.07, 6.45) is 3.75. The second kappa shape index (κ2) is 3.41. The second-order valence-electron chi connectivity index (χ2n) is 5.14. The van der Waals surface area contributed by atoms with Crippen molar-refractivity contribution in [3.63, 3.8) is 0 Å². The van der Waals surface area contributed by atoms with E-state index in [4.69, 9.17) is 0 Å². The topological polar surface area (TPSA) is 59.3 Å². The number of hydrogen-bond acceptors (Lipinski definition) is 4. The number of fused-ring (bicyclic) bond motifs is 1. The lowest BCUT2D eigenvalue weighted by Gasteiger charge is -2.39. The Morgan fingerprint density at radius 3 is 2.82 bits per heavy atom. The fraction of sp³-hybridized carbons (Fsp3) is 0.545. The number of pyridine rings is 1. The summed E-state index contributed by atoms with van der Waals surface area (Å²) in [6.45, 7) is 3.24. The maximum atomic E-state index is 10.7. The van der Waals surface area contributed by atoms with E-state index in [0.717, 1.165) is 18.3 Å². The molecule has 1 aliphatic carbocycles. The predicted octanol–water partition coefficient (Wildman–Crippen LogP) is 2.74. The molecule has 3 fully saturated rings. The van der Waals surface area contributed by atoms with Crippen molar-refractivity contribution in [2.45, 2.75) is 25.3 Å². The molecule has 3 heterocycles. The molecule has 2 bridgehead atoms. The Kier molecular flexibility index (Phi) is 2.20. The van der Waals surface area contributed by atoms with Gasteiger partial charge in [-0.05, 0) is 41.6 Å². The Hall–Kier alpha value is -1.17. The highest BCUT2D eigenvalue weighted by atomic mass is 79.9. The molecule has 6 heteroatoms. The zero-order valence-corrected chi connectivity index (χ0v) is 11.0. The van der Waals surface area contributed by atoms with Gasteiger partial charge < -0.3 is 4.90 Å². The zero-order valence-electron chi connectivity index (χ0n) is 9.39. The van der Waals surface area contributed by atoms with Gasteiger partial charge in [0, 0.05) is 18.2 Å². The van der Waals surface area contributed by atoms with E-state index in [2.05, 4.69) is 32.7 Å². The summed E-state index contributed by atoms with van der Waals surface area (Å²) in [5, 5.41) is 10.7. The van der Waals surface area contributed by atoms with Crippen molar-refractivity contribution in [3.05, 3.63) is 26.9 Å². The Bertz CT molecular complexity index is 499. The Morgan fingerprint density at radius 1 is 1.65 bits per heavy atom. The maximum absolute atomic E-state index is 10.7. The quantitative estimate of drug-likeness (QED) is 0.622. The van der Waals surface area contributed by atoms with Crippen LogP contribution < -0.4 is 4.90 Å². The first-order valence-corrected chi connectivity index (χ1v) is 6.36. The fourth-order valence-corrected chi connectivity index (χ4v) is 3.62. The smallest absolute Gasteiger partial charge is 0.288 e. The standard InChI is InChI=1S/C11H12BrN3O2/c1-11-3-7(4-11)6-14(11)10-9(12)2-8(5-13-10)15(16)17/h2,5,7H,3-4,6H2,1H3. The largest absolute Gasteiger partial charge is 0.350 e. The minimum atomic E-state index is -0.423. The summed E-state index contributed by atoms with van der Waals surface area (Å²) in [7, 11) is 0. The van der Waals surface area contributed by atoms with E-state index in [-0.39, 0.29) is 11.2 Å². The molecule has 90 valence electrons. The van der Waals surface area contributed by atoms with Crippen molar-refractivity contribution in [2.75, 3.05) is 11.4 Å². The molecule has 1 aromatic rings. The van der Waals surface area contributed by atoms with Gasteiger partial charge in [-0.25, -0.2) is 4.98 Å². The molecule has 5 nitrogen and oxygen atoms in total. The molecule has 4 rings (SSSR count). The summed E-state index contributed by atoms with van der Waals surface area (Å²) in [5.74, 6) is 1.60. The molecule has 0 aromatic carbocycles. The highest BCUT2D eigenvalue weighted by molar-refractivity contribution is 9.10. The normalized spacial score (nSPS) is 30.2. The van der Waals surface area contributed by atoms with Gasteiger partial charge in [-0.2, -0.15) is 0 Å².